The van der Waals surface area contributed by atoms with Crippen LogP contribution >= 0.6 is 0 Å². The molecule has 0 aliphatic carbocycles. The highest BCUT2D eigenvalue weighted by atomic mass is 16.3. The Morgan fingerprint density at radius 1 is 1.10 bits per heavy atom. The van der Waals surface area contributed by atoms with Crippen molar-refractivity contribution in [1.29, 1.82) is 0 Å². The Kier molecular flexibility index (Phi) is 5.11. The van der Waals surface area contributed by atoms with Gasteiger partial charge in [0.1, 0.15) is 5.76 Å². The van der Waals surface area contributed by atoms with Crippen LogP contribution in [0.15, 0.2) is 53.1 Å². The van der Waals surface area contributed by atoms with Crippen LogP contribution in [0, 0.1) is 0 Å². The third-order valence-corrected chi connectivity index (χ3v) is 2.83. The average molecular weight is 288 g/mol. The van der Waals surface area contributed by atoms with Crippen molar-refractivity contribution in [3.8, 4) is 0 Å². The van der Waals surface area contributed by atoms with Gasteiger partial charge in [-0.25, -0.2) is 0 Å². The predicted octanol–water partition coefficient (Wildman–Crippen LogP) is 0.746. The summed E-state index contributed by atoms with van der Waals surface area (Å²) in [7, 11) is 0. The van der Waals surface area contributed by atoms with Crippen LogP contribution in [0.5, 0.6) is 0 Å². The quantitative estimate of drug-likeness (QED) is 0.731. The molecular weight excluding hydrogens is 272 g/mol. The van der Waals surface area contributed by atoms with Gasteiger partial charge >= 0.3 is 0 Å². The highest BCUT2D eigenvalue weighted by molar-refractivity contribution is 5.87. The lowest BCUT2D eigenvalue weighted by Gasteiger charge is -2.11. The first-order valence-electron chi connectivity index (χ1n) is 6.46. The molecule has 6 heteroatoms. The zero-order chi connectivity index (χ0) is 15.1. The standard InChI is InChI=1S/C15H16N2O4/c18-13(16-9-12-7-4-8-21-12)10-17-15(20)14(19)11-5-2-1-3-6-11/h1-8,14,19H,9-10H2,(H,16,18)(H,17,20). The molecule has 1 heterocycles. The first-order chi connectivity index (χ1) is 10.2. The van der Waals surface area contributed by atoms with Gasteiger partial charge in [0.05, 0.1) is 19.4 Å². The second-order valence-electron chi connectivity index (χ2n) is 4.39. The van der Waals surface area contributed by atoms with Gasteiger partial charge < -0.3 is 20.2 Å². The SMILES string of the molecule is O=C(CNC(=O)C(O)c1ccccc1)NCc1ccco1. The number of rotatable bonds is 6. The molecule has 0 saturated heterocycles. The molecule has 0 radical (unpaired) electrons. The third kappa shape index (κ3) is 4.47. The van der Waals surface area contributed by atoms with Gasteiger partial charge in [-0.1, -0.05) is 30.3 Å². The fourth-order valence-electron chi connectivity index (χ4n) is 1.71. The van der Waals surface area contributed by atoms with E-state index in [2.05, 4.69) is 10.6 Å². The van der Waals surface area contributed by atoms with Crippen LogP contribution in [0.2, 0.25) is 0 Å². The summed E-state index contributed by atoms with van der Waals surface area (Å²) < 4.78 is 5.06. The number of hydrogen-bond donors (Lipinski definition) is 3. The second-order valence-corrected chi connectivity index (χ2v) is 4.39. The summed E-state index contributed by atoms with van der Waals surface area (Å²) in [6, 6.07) is 12.0. The molecule has 21 heavy (non-hydrogen) atoms. The maximum Gasteiger partial charge on any atom is 0.253 e. The Morgan fingerprint density at radius 3 is 2.52 bits per heavy atom. The molecule has 0 aliphatic rings. The summed E-state index contributed by atoms with van der Waals surface area (Å²) in [5.74, 6) is -0.353. The summed E-state index contributed by atoms with van der Waals surface area (Å²) in [5, 5.41) is 14.8. The number of benzene rings is 1. The number of furan rings is 1. The summed E-state index contributed by atoms with van der Waals surface area (Å²) >= 11 is 0. The summed E-state index contributed by atoms with van der Waals surface area (Å²) in [6.07, 6.45) is 0.225. The smallest absolute Gasteiger partial charge is 0.253 e. The maximum absolute atomic E-state index is 11.7. The highest BCUT2D eigenvalue weighted by Gasteiger charge is 2.17. The van der Waals surface area contributed by atoms with Gasteiger partial charge in [-0.3, -0.25) is 9.59 Å². The monoisotopic (exact) mass is 288 g/mol. The molecule has 1 unspecified atom stereocenters. The Labute approximate surface area is 121 Å². The highest BCUT2D eigenvalue weighted by Crippen LogP contribution is 2.11. The number of hydrogen-bond acceptors (Lipinski definition) is 4. The lowest BCUT2D eigenvalue weighted by atomic mass is 10.1. The Hall–Kier alpha value is -2.60. The number of aliphatic hydroxyl groups excluding tert-OH is 1. The van der Waals surface area contributed by atoms with E-state index in [1.807, 2.05) is 0 Å². The van der Waals surface area contributed by atoms with Gasteiger partial charge in [0.25, 0.3) is 5.91 Å². The van der Waals surface area contributed by atoms with Gasteiger partial charge in [-0.15, -0.1) is 0 Å². The summed E-state index contributed by atoms with van der Waals surface area (Å²) in [5.41, 5.74) is 0.478. The van der Waals surface area contributed by atoms with Gasteiger partial charge in [0, 0.05) is 0 Å². The molecule has 0 saturated carbocycles. The first-order valence-corrected chi connectivity index (χ1v) is 6.46. The molecule has 2 rings (SSSR count). The molecule has 0 aliphatic heterocycles. The van der Waals surface area contributed by atoms with Crippen LogP contribution in [0.4, 0.5) is 0 Å². The van der Waals surface area contributed by atoms with Crippen molar-refractivity contribution in [3.05, 3.63) is 60.1 Å². The van der Waals surface area contributed by atoms with Crippen LogP contribution in [0.25, 0.3) is 0 Å². The minimum atomic E-state index is -1.29. The van der Waals surface area contributed by atoms with Crippen LogP contribution in [-0.2, 0) is 16.1 Å². The molecule has 2 aromatic rings. The third-order valence-electron chi connectivity index (χ3n) is 2.83. The van der Waals surface area contributed by atoms with E-state index in [0.717, 1.165) is 0 Å². The lowest BCUT2D eigenvalue weighted by Crippen LogP contribution is -2.38. The number of aliphatic hydroxyl groups is 1. The fourth-order valence-corrected chi connectivity index (χ4v) is 1.71. The molecule has 6 nitrogen and oxygen atoms in total. The molecule has 1 aromatic heterocycles. The number of carbonyl (C=O) groups is 2. The molecule has 0 bridgehead atoms. The van der Waals surface area contributed by atoms with Crippen LogP contribution in [0.3, 0.4) is 0 Å². The van der Waals surface area contributed by atoms with E-state index in [9.17, 15) is 14.7 Å². The van der Waals surface area contributed by atoms with Crippen molar-refractivity contribution in [3.63, 3.8) is 0 Å². The topological polar surface area (TPSA) is 91.6 Å². The molecule has 0 spiro atoms. The van der Waals surface area contributed by atoms with Crippen molar-refractivity contribution in [2.45, 2.75) is 12.6 Å². The van der Waals surface area contributed by atoms with Gasteiger partial charge in [-0.05, 0) is 17.7 Å². The fraction of sp³-hybridized carbons (Fsp3) is 0.200. The first kappa shape index (κ1) is 14.8. The van der Waals surface area contributed by atoms with Crippen molar-refractivity contribution < 1.29 is 19.1 Å². The van der Waals surface area contributed by atoms with E-state index in [4.69, 9.17) is 4.42 Å². The molecule has 0 fully saturated rings. The number of carbonyl (C=O) groups excluding carboxylic acids is 2. The predicted molar refractivity (Wildman–Crippen MR) is 75.0 cm³/mol. The van der Waals surface area contributed by atoms with E-state index in [-0.39, 0.29) is 19.0 Å². The van der Waals surface area contributed by atoms with Gasteiger partial charge in [-0.2, -0.15) is 0 Å². The normalized spacial score (nSPS) is 11.7. The van der Waals surface area contributed by atoms with Crippen LogP contribution in [0.1, 0.15) is 17.4 Å². The molecule has 3 N–H and O–H groups in total. The Balaban J connectivity index is 1.74. The van der Waals surface area contributed by atoms with E-state index >= 15 is 0 Å². The molecule has 110 valence electrons. The Bertz CT molecular complexity index is 581. The summed E-state index contributed by atoms with van der Waals surface area (Å²) in [6.45, 7) is 0.0480. The molecule has 2 amide bonds. The lowest BCUT2D eigenvalue weighted by molar-refractivity contribution is -0.132. The summed E-state index contributed by atoms with van der Waals surface area (Å²) in [4.78, 5) is 23.3. The van der Waals surface area contributed by atoms with E-state index < -0.39 is 12.0 Å². The van der Waals surface area contributed by atoms with Crippen molar-refractivity contribution >= 4 is 11.8 Å². The molecular formula is C15H16N2O4. The zero-order valence-corrected chi connectivity index (χ0v) is 11.3. The molecule has 1 atom stereocenters. The van der Waals surface area contributed by atoms with Crippen LogP contribution < -0.4 is 10.6 Å². The Morgan fingerprint density at radius 2 is 1.86 bits per heavy atom. The van der Waals surface area contributed by atoms with E-state index in [1.165, 1.54) is 6.26 Å². The minimum Gasteiger partial charge on any atom is -0.467 e. The number of nitrogens with one attached hydrogen (secondary N) is 2. The van der Waals surface area contributed by atoms with Gasteiger partial charge in [0.2, 0.25) is 5.91 Å². The molecule has 1 aromatic carbocycles. The van der Waals surface area contributed by atoms with Crippen LogP contribution in [-0.4, -0.2) is 23.5 Å². The van der Waals surface area contributed by atoms with E-state index in [1.54, 1.807) is 42.5 Å². The maximum atomic E-state index is 11.7. The number of amides is 2. The van der Waals surface area contributed by atoms with Crippen molar-refractivity contribution in [2.24, 2.45) is 0 Å². The minimum absolute atomic E-state index is 0.205. The van der Waals surface area contributed by atoms with E-state index in [0.29, 0.717) is 11.3 Å². The van der Waals surface area contributed by atoms with Crippen molar-refractivity contribution in [2.75, 3.05) is 6.54 Å². The van der Waals surface area contributed by atoms with Crippen molar-refractivity contribution in [1.82, 2.24) is 10.6 Å². The van der Waals surface area contributed by atoms with Gasteiger partial charge in [0.15, 0.2) is 6.10 Å². The largest absolute Gasteiger partial charge is 0.467 e. The zero-order valence-electron chi connectivity index (χ0n) is 11.3. The second kappa shape index (κ2) is 7.25. The average Bonchev–Trinajstić information content (AvgIpc) is 3.04.